The SMILES string of the molecule is C[C@H]1CN2c3c(cc(-c4nnc([C@@H](O)CO)s4)c(F)c3F)CC3(C(=O)NC(=O)NC3=O)C2[C@@H](C)O1. The number of hydrogen-bond acceptors (Lipinski definition) is 10. The number of nitrogens with one attached hydrogen (secondary N) is 2. The zero-order valence-electron chi connectivity index (χ0n) is 18.5. The molecular formula is C21H21F2N5O6S. The highest BCUT2D eigenvalue weighted by Gasteiger charge is 2.63. The Kier molecular flexibility index (Phi) is 5.58. The van der Waals surface area contributed by atoms with Gasteiger partial charge in [0, 0.05) is 13.0 Å². The third kappa shape index (κ3) is 3.43. The van der Waals surface area contributed by atoms with Crippen molar-refractivity contribution in [2.45, 2.75) is 44.6 Å². The van der Waals surface area contributed by atoms with Crippen LogP contribution in [0.25, 0.3) is 10.6 Å². The predicted octanol–water partition coefficient (Wildman–Crippen LogP) is 0.400. The summed E-state index contributed by atoms with van der Waals surface area (Å²) >= 11 is 0.769. The van der Waals surface area contributed by atoms with E-state index in [9.17, 15) is 19.5 Å². The van der Waals surface area contributed by atoms with Gasteiger partial charge in [0.15, 0.2) is 22.1 Å². The molecule has 3 aliphatic heterocycles. The van der Waals surface area contributed by atoms with Gasteiger partial charge in [-0.3, -0.25) is 20.2 Å². The van der Waals surface area contributed by atoms with E-state index < -0.39 is 65.9 Å². The Morgan fingerprint density at radius 3 is 2.57 bits per heavy atom. The van der Waals surface area contributed by atoms with Gasteiger partial charge in [-0.1, -0.05) is 11.3 Å². The number of benzene rings is 1. The fraction of sp³-hybridized carbons (Fsp3) is 0.476. The minimum Gasteiger partial charge on any atom is -0.393 e. The van der Waals surface area contributed by atoms with E-state index in [1.807, 2.05) is 0 Å². The molecule has 1 unspecified atom stereocenters. The number of aliphatic hydroxyl groups excluding tert-OH is 2. The zero-order chi connectivity index (χ0) is 25.2. The first kappa shape index (κ1) is 23.7. The Hall–Kier alpha value is -3.07. The van der Waals surface area contributed by atoms with Crippen molar-refractivity contribution >= 4 is 34.9 Å². The maximum absolute atomic E-state index is 15.7. The minimum atomic E-state index is -1.85. The molecule has 186 valence electrons. The van der Waals surface area contributed by atoms with Crippen LogP contribution < -0.4 is 15.5 Å². The van der Waals surface area contributed by atoms with Gasteiger partial charge < -0.3 is 19.8 Å². The highest BCUT2D eigenvalue weighted by Crippen LogP contribution is 2.49. The standard InChI is InChI=1S/C21H21F2N5O6S/c1-7-5-28-14-9(3-10(12(22)13(14)23)16-26-27-17(35-16)11(30)6-29)4-21(15(28)8(2)34-7)18(31)24-20(33)25-19(21)32/h3,7-8,11,15,29-30H,4-6H2,1-2H3,(H2,24,25,31,32,33)/t7-,8+,11-,15?/m0/s1. The molecule has 1 aromatic carbocycles. The van der Waals surface area contributed by atoms with Gasteiger partial charge in [0.05, 0.1) is 36.1 Å². The summed E-state index contributed by atoms with van der Waals surface area (Å²) in [5.41, 5.74) is -2.05. The van der Waals surface area contributed by atoms with Crippen LogP contribution >= 0.6 is 11.3 Å². The number of imide groups is 2. The lowest BCUT2D eigenvalue weighted by Crippen LogP contribution is -2.75. The van der Waals surface area contributed by atoms with Gasteiger partial charge in [0.25, 0.3) is 0 Å². The topological polar surface area (TPSA) is 154 Å². The summed E-state index contributed by atoms with van der Waals surface area (Å²) in [5.74, 6) is -4.11. The van der Waals surface area contributed by atoms with E-state index in [-0.39, 0.29) is 39.8 Å². The average Bonchev–Trinajstić information content (AvgIpc) is 3.28. The number of amides is 4. The van der Waals surface area contributed by atoms with Gasteiger partial charge >= 0.3 is 6.03 Å². The number of aromatic nitrogens is 2. The van der Waals surface area contributed by atoms with E-state index in [1.165, 1.54) is 11.0 Å². The predicted molar refractivity (Wildman–Crippen MR) is 116 cm³/mol. The number of ether oxygens (including phenoxy) is 1. The quantitative estimate of drug-likeness (QED) is 0.431. The van der Waals surface area contributed by atoms with E-state index in [0.717, 1.165) is 11.3 Å². The van der Waals surface area contributed by atoms with Crippen molar-refractivity contribution in [1.29, 1.82) is 0 Å². The van der Waals surface area contributed by atoms with Crippen LogP contribution in [0.1, 0.15) is 30.5 Å². The molecule has 14 heteroatoms. The molecule has 4 N–H and O–H groups in total. The summed E-state index contributed by atoms with van der Waals surface area (Å²) in [6, 6.07) is -0.675. The van der Waals surface area contributed by atoms with Crippen molar-refractivity contribution in [3.8, 4) is 10.6 Å². The maximum Gasteiger partial charge on any atom is 0.328 e. The van der Waals surface area contributed by atoms with Crippen LogP contribution in [0.15, 0.2) is 6.07 Å². The number of urea groups is 1. The second kappa shape index (κ2) is 8.26. The van der Waals surface area contributed by atoms with E-state index >= 15 is 8.78 Å². The number of morpholine rings is 1. The molecular weight excluding hydrogens is 488 g/mol. The molecule has 0 saturated carbocycles. The highest BCUT2D eigenvalue weighted by molar-refractivity contribution is 7.14. The number of aliphatic hydroxyl groups is 2. The molecule has 2 aromatic rings. The van der Waals surface area contributed by atoms with Crippen LogP contribution in [0.4, 0.5) is 19.3 Å². The molecule has 4 amide bonds. The largest absolute Gasteiger partial charge is 0.393 e. The Bertz CT molecular complexity index is 1240. The van der Waals surface area contributed by atoms with Crippen molar-refractivity contribution in [3.05, 3.63) is 28.3 Å². The Morgan fingerprint density at radius 2 is 1.91 bits per heavy atom. The highest BCUT2D eigenvalue weighted by atomic mass is 32.1. The molecule has 2 fully saturated rings. The van der Waals surface area contributed by atoms with Crippen LogP contribution in [-0.2, 0) is 20.7 Å². The number of nitrogens with zero attached hydrogens (tertiary/aromatic N) is 3. The molecule has 2 saturated heterocycles. The molecule has 0 radical (unpaired) electrons. The molecule has 4 heterocycles. The van der Waals surface area contributed by atoms with Gasteiger partial charge in [-0.05, 0) is 25.5 Å². The molecule has 35 heavy (non-hydrogen) atoms. The summed E-state index contributed by atoms with van der Waals surface area (Å²) in [5, 5.41) is 30.7. The van der Waals surface area contributed by atoms with E-state index in [1.54, 1.807) is 13.8 Å². The lowest BCUT2D eigenvalue weighted by atomic mass is 9.66. The van der Waals surface area contributed by atoms with Gasteiger partial charge in [0.2, 0.25) is 11.8 Å². The monoisotopic (exact) mass is 509 g/mol. The Morgan fingerprint density at radius 1 is 1.23 bits per heavy atom. The molecule has 0 aliphatic carbocycles. The number of barbiturate groups is 1. The first-order chi connectivity index (χ1) is 16.6. The number of carbonyl (C=O) groups is 3. The second-order valence-electron chi connectivity index (χ2n) is 8.84. The maximum atomic E-state index is 15.7. The van der Waals surface area contributed by atoms with Crippen molar-refractivity contribution in [2.75, 3.05) is 18.1 Å². The van der Waals surface area contributed by atoms with Gasteiger partial charge in [-0.15, -0.1) is 10.2 Å². The van der Waals surface area contributed by atoms with E-state index in [2.05, 4.69) is 20.8 Å². The Labute approximate surface area is 201 Å². The number of fused-ring (bicyclic) bond motifs is 4. The van der Waals surface area contributed by atoms with Crippen LogP contribution in [0, 0.1) is 17.0 Å². The molecule has 3 aliphatic rings. The Balaban J connectivity index is 1.70. The second-order valence-corrected chi connectivity index (χ2v) is 9.85. The number of anilines is 1. The zero-order valence-corrected chi connectivity index (χ0v) is 19.4. The third-order valence-corrected chi connectivity index (χ3v) is 7.65. The fourth-order valence-electron chi connectivity index (χ4n) is 5.25. The summed E-state index contributed by atoms with van der Waals surface area (Å²) < 4.78 is 36.9. The normalized spacial score (nSPS) is 26.2. The number of halogens is 2. The number of carbonyl (C=O) groups excluding carboxylic acids is 3. The lowest BCUT2D eigenvalue weighted by molar-refractivity contribution is -0.153. The minimum absolute atomic E-state index is 0.0111. The molecule has 11 nitrogen and oxygen atoms in total. The summed E-state index contributed by atoms with van der Waals surface area (Å²) in [7, 11) is 0. The average molecular weight is 509 g/mol. The molecule has 1 spiro atoms. The number of hydrogen-bond donors (Lipinski definition) is 4. The van der Waals surface area contributed by atoms with E-state index in [4.69, 9.17) is 9.84 Å². The van der Waals surface area contributed by atoms with Crippen LogP contribution in [-0.4, -0.2) is 69.7 Å². The molecule has 0 bridgehead atoms. The van der Waals surface area contributed by atoms with Crippen molar-refractivity contribution < 1.29 is 38.1 Å². The molecule has 1 aromatic heterocycles. The van der Waals surface area contributed by atoms with Gasteiger partial charge in [0.1, 0.15) is 11.1 Å². The molecule has 5 rings (SSSR count). The number of rotatable bonds is 3. The first-order valence-electron chi connectivity index (χ1n) is 10.8. The fourth-order valence-corrected chi connectivity index (χ4v) is 6.08. The van der Waals surface area contributed by atoms with Gasteiger partial charge in [-0.25, -0.2) is 13.6 Å². The van der Waals surface area contributed by atoms with Crippen LogP contribution in [0.2, 0.25) is 0 Å². The summed E-state index contributed by atoms with van der Waals surface area (Å²) in [4.78, 5) is 39.6. The molecule has 4 atom stereocenters. The van der Waals surface area contributed by atoms with Gasteiger partial charge in [-0.2, -0.15) is 0 Å². The smallest absolute Gasteiger partial charge is 0.328 e. The van der Waals surface area contributed by atoms with Crippen LogP contribution in [0.3, 0.4) is 0 Å². The first-order valence-corrected chi connectivity index (χ1v) is 11.6. The van der Waals surface area contributed by atoms with Crippen molar-refractivity contribution in [3.63, 3.8) is 0 Å². The summed E-state index contributed by atoms with van der Waals surface area (Å²) in [6.45, 7) is 2.81. The van der Waals surface area contributed by atoms with E-state index in [0.29, 0.717) is 0 Å². The van der Waals surface area contributed by atoms with Crippen LogP contribution in [0.5, 0.6) is 0 Å². The third-order valence-electron chi connectivity index (χ3n) is 6.60. The van der Waals surface area contributed by atoms with Crippen molar-refractivity contribution in [2.24, 2.45) is 5.41 Å². The summed E-state index contributed by atoms with van der Waals surface area (Å²) in [6.07, 6.45) is -2.82. The van der Waals surface area contributed by atoms with Crippen molar-refractivity contribution in [1.82, 2.24) is 20.8 Å². The lowest BCUT2D eigenvalue weighted by Gasteiger charge is -2.55.